The Kier molecular flexibility index (Phi) is 3.69. The summed E-state index contributed by atoms with van der Waals surface area (Å²) in [5.41, 5.74) is 1.99. The minimum absolute atomic E-state index is 0.0804. The summed E-state index contributed by atoms with van der Waals surface area (Å²) in [6.07, 6.45) is 0.445. The van der Waals surface area contributed by atoms with Crippen LogP contribution in [0.4, 0.5) is 0 Å². The fourth-order valence-electron chi connectivity index (χ4n) is 1.48. The third-order valence-corrected chi connectivity index (χ3v) is 3.51. The van der Waals surface area contributed by atoms with Gasteiger partial charge in [0.15, 0.2) is 0 Å². The minimum Gasteiger partial charge on any atom is -0.299 e. The maximum absolute atomic E-state index is 11.6. The number of thiazole rings is 1. The minimum atomic E-state index is 0.0804. The zero-order valence-electron chi connectivity index (χ0n) is 10.0. The van der Waals surface area contributed by atoms with Gasteiger partial charge in [-0.1, -0.05) is 44.2 Å². The van der Waals surface area contributed by atoms with Crippen molar-refractivity contribution in [3.8, 4) is 10.6 Å². The summed E-state index contributed by atoms with van der Waals surface area (Å²) in [5, 5.41) is 2.96. The summed E-state index contributed by atoms with van der Waals surface area (Å²) in [7, 11) is 0. The van der Waals surface area contributed by atoms with Crippen LogP contribution in [0.5, 0.6) is 0 Å². The Labute approximate surface area is 105 Å². The maximum Gasteiger partial charge on any atom is 0.141 e. The van der Waals surface area contributed by atoms with Crippen LogP contribution in [-0.2, 0) is 11.2 Å². The quantitative estimate of drug-likeness (QED) is 0.824. The van der Waals surface area contributed by atoms with Gasteiger partial charge < -0.3 is 0 Å². The van der Waals surface area contributed by atoms with Crippen molar-refractivity contribution in [3.05, 3.63) is 41.4 Å². The number of nitrogens with zero attached hydrogens (tertiary/aromatic N) is 1. The molecular weight excluding hydrogens is 230 g/mol. The Hall–Kier alpha value is -1.48. The van der Waals surface area contributed by atoms with Gasteiger partial charge in [0.1, 0.15) is 10.8 Å². The molecule has 0 atom stereocenters. The van der Waals surface area contributed by atoms with Crippen molar-refractivity contribution >= 4 is 17.1 Å². The molecule has 2 rings (SSSR count). The third kappa shape index (κ3) is 3.01. The van der Waals surface area contributed by atoms with Gasteiger partial charge in [-0.15, -0.1) is 11.3 Å². The normalized spacial score (nSPS) is 10.8. The molecule has 0 fully saturated rings. The number of hydrogen-bond acceptors (Lipinski definition) is 3. The Morgan fingerprint density at radius 1 is 1.29 bits per heavy atom. The standard InChI is InChI=1S/C14H15NOS/c1-10(2)13(16)8-12-9-17-14(15-12)11-6-4-3-5-7-11/h3-7,9-10H,8H2,1-2H3. The second-order valence-electron chi connectivity index (χ2n) is 4.31. The number of aromatic nitrogens is 1. The van der Waals surface area contributed by atoms with Gasteiger partial charge in [-0.3, -0.25) is 4.79 Å². The molecule has 0 saturated carbocycles. The Morgan fingerprint density at radius 2 is 2.00 bits per heavy atom. The highest BCUT2D eigenvalue weighted by atomic mass is 32.1. The van der Waals surface area contributed by atoms with Crippen molar-refractivity contribution in [3.63, 3.8) is 0 Å². The van der Waals surface area contributed by atoms with Crippen LogP contribution in [-0.4, -0.2) is 10.8 Å². The lowest BCUT2D eigenvalue weighted by Gasteiger charge is -2.00. The van der Waals surface area contributed by atoms with Crippen LogP contribution in [0.2, 0.25) is 0 Å². The Morgan fingerprint density at radius 3 is 2.65 bits per heavy atom. The molecule has 0 unspecified atom stereocenters. The molecule has 3 heteroatoms. The Balaban J connectivity index is 2.14. The summed E-state index contributed by atoms with van der Waals surface area (Å²) < 4.78 is 0. The monoisotopic (exact) mass is 245 g/mol. The molecule has 2 aromatic rings. The van der Waals surface area contributed by atoms with Gasteiger partial charge in [-0.25, -0.2) is 4.98 Å². The summed E-state index contributed by atoms with van der Waals surface area (Å²) in [6, 6.07) is 10.0. The van der Waals surface area contributed by atoms with Gasteiger partial charge in [0.05, 0.1) is 5.69 Å². The lowest BCUT2D eigenvalue weighted by atomic mass is 10.1. The van der Waals surface area contributed by atoms with Crippen molar-refractivity contribution in [1.29, 1.82) is 0 Å². The summed E-state index contributed by atoms with van der Waals surface area (Å²) in [4.78, 5) is 16.1. The molecule has 1 heterocycles. The molecule has 88 valence electrons. The zero-order chi connectivity index (χ0) is 12.3. The molecule has 0 aliphatic heterocycles. The number of carbonyl (C=O) groups excluding carboxylic acids is 1. The summed E-state index contributed by atoms with van der Waals surface area (Å²) in [5.74, 6) is 0.326. The highest BCUT2D eigenvalue weighted by molar-refractivity contribution is 7.13. The molecular formula is C14H15NOS. The fourth-order valence-corrected chi connectivity index (χ4v) is 2.31. The molecule has 0 N–H and O–H groups in total. The van der Waals surface area contributed by atoms with E-state index in [9.17, 15) is 4.79 Å². The van der Waals surface area contributed by atoms with E-state index in [1.165, 1.54) is 0 Å². The van der Waals surface area contributed by atoms with E-state index in [4.69, 9.17) is 0 Å². The van der Waals surface area contributed by atoms with E-state index in [-0.39, 0.29) is 11.7 Å². The first-order valence-electron chi connectivity index (χ1n) is 5.69. The van der Waals surface area contributed by atoms with Gasteiger partial charge in [-0.2, -0.15) is 0 Å². The zero-order valence-corrected chi connectivity index (χ0v) is 10.8. The molecule has 17 heavy (non-hydrogen) atoms. The van der Waals surface area contributed by atoms with Crippen LogP contribution in [0.1, 0.15) is 19.5 Å². The smallest absolute Gasteiger partial charge is 0.141 e. The van der Waals surface area contributed by atoms with Crippen LogP contribution in [0, 0.1) is 5.92 Å². The van der Waals surface area contributed by atoms with Crippen molar-refractivity contribution < 1.29 is 4.79 Å². The number of rotatable bonds is 4. The number of ketones is 1. The third-order valence-electron chi connectivity index (χ3n) is 2.57. The number of carbonyl (C=O) groups is 1. The van der Waals surface area contributed by atoms with Crippen LogP contribution in [0.25, 0.3) is 10.6 Å². The first-order valence-corrected chi connectivity index (χ1v) is 6.57. The highest BCUT2D eigenvalue weighted by Crippen LogP contribution is 2.23. The van der Waals surface area contributed by atoms with E-state index in [1.807, 2.05) is 49.6 Å². The number of hydrogen-bond donors (Lipinski definition) is 0. The van der Waals surface area contributed by atoms with Crippen molar-refractivity contribution in [2.24, 2.45) is 5.92 Å². The molecule has 0 aliphatic rings. The largest absolute Gasteiger partial charge is 0.299 e. The van der Waals surface area contributed by atoms with E-state index in [1.54, 1.807) is 11.3 Å². The predicted molar refractivity (Wildman–Crippen MR) is 71.1 cm³/mol. The van der Waals surface area contributed by atoms with Crippen LogP contribution < -0.4 is 0 Å². The molecule has 1 aromatic carbocycles. The van der Waals surface area contributed by atoms with Crippen LogP contribution in [0.3, 0.4) is 0 Å². The first-order chi connectivity index (χ1) is 8.16. The highest BCUT2D eigenvalue weighted by Gasteiger charge is 2.11. The van der Waals surface area contributed by atoms with Gasteiger partial charge in [0.2, 0.25) is 0 Å². The second-order valence-corrected chi connectivity index (χ2v) is 5.17. The van der Waals surface area contributed by atoms with Crippen molar-refractivity contribution in [2.75, 3.05) is 0 Å². The van der Waals surface area contributed by atoms with Gasteiger partial charge in [-0.05, 0) is 0 Å². The van der Waals surface area contributed by atoms with Crippen LogP contribution in [0.15, 0.2) is 35.7 Å². The number of benzene rings is 1. The van der Waals surface area contributed by atoms with E-state index in [0.717, 1.165) is 16.3 Å². The number of Topliss-reactive ketones (excluding diaryl/α,β-unsaturated/α-hetero) is 1. The van der Waals surface area contributed by atoms with Gasteiger partial charge >= 0.3 is 0 Å². The molecule has 0 radical (unpaired) electrons. The van der Waals surface area contributed by atoms with Crippen molar-refractivity contribution in [1.82, 2.24) is 4.98 Å². The molecule has 0 bridgehead atoms. The predicted octanol–water partition coefficient (Wildman–Crippen LogP) is 3.58. The van der Waals surface area contributed by atoms with Crippen molar-refractivity contribution in [2.45, 2.75) is 20.3 Å². The molecule has 0 aliphatic carbocycles. The van der Waals surface area contributed by atoms with E-state index in [2.05, 4.69) is 4.98 Å². The topological polar surface area (TPSA) is 30.0 Å². The van der Waals surface area contributed by atoms with E-state index >= 15 is 0 Å². The fraction of sp³-hybridized carbons (Fsp3) is 0.286. The van der Waals surface area contributed by atoms with Crippen LogP contribution >= 0.6 is 11.3 Å². The average molecular weight is 245 g/mol. The summed E-state index contributed by atoms with van der Waals surface area (Å²) >= 11 is 1.59. The molecule has 2 nitrogen and oxygen atoms in total. The average Bonchev–Trinajstić information content (AvgIpc) is 2.78. The van der Waals surface area contributed by atoms with E-state index < -0.39 is 0 Å². The maximum atomic E-state index is 11.6. The van der Waals surface area contributed by atoms with Gasteiger partial charge in [0, 0.05) is 23.3 Å². The summed E-state index contributed by atoms with van der Waals surface area (Å²) in [6.45, 7) is 3.85. The second kappa shape index (κ2) is 5.23. The van der Waals surface area contributed by atoms with Gasteiger partial charge in [0.25, 0.3) is 0 Å². The molecule has 0 saturated heterocycles. The SMILES string of the molecule is CC(C)C(=O)Cc1csc(-c2ccccc2)n1. The lowest BCUT2D eigenvalue weighted by Crippen LogP contribution is -2.10. The van der Waals surface area contributed by atoms with E-state index in [0.29, 0.717) is 6.42 Å². The molecule has 1 aromatic heterocycles. The Bertz CT molecular complexity index is 502. The molecule has 0 amide bonds. The first kappa shape index (κ1) is 12.0. The molecule has 0 spiro atoms. The lowest BCUT2D eigenvalue weighted by molar-refractivity contribution is -0.121.